The summed E-state index contributed by atoms with van der Waals surface area (Å²) in [6, 6.07) is 13.2. The van der Waals surface area contributed by atoms with Gasteiger partial charge in [0, 0.05) is 5.56 Å². The number of nitrogens with zero attached hydrogens (tertiary/aromatic N) is 4. The zero-order valence-electron chi connectivity index (χ0n) is 15.8. The van der Waals surface area contributed by atoms with Gasteiger partial charge in [-0.15, -0.1) is 5.10 Å². The van der Waals surface area contributed by atoms with Gasteiger partial charge in [0.1, 0.15) is 5.75 Å². The SMILES string of the molecule is CCC(Sc1nnnn1-c1cccc(C)c1C)C(=O)c1ccc(OC)cc1. The molecule has 0 aliphatic rings. The predicted octanol–water partition coefficient (Wildman–Crippen LogP) is 4.04. The Bertz CT molecular complexity index is 937. The van der Waals surface area contributed by atoms with Crippen LogP contribution in [0.2, 0.25) is 0 Å². The van der Waals surface area contributed by atoms with E-state index in [1.165, 1.54) is 17.3 Å². The van der Waals surface area contributed by atoms with Gasteiger partial charge in [-0.05, 0) is 72.2 Å². The molecule has 0 aliphatic heterocycles. The predicted molar refractivity (Wildman–Crippen MR) is 106 cm³/mol. The summed E-state index contributed by atoms with van der Waals surface area (Å²) in [6.45, 7) is 6.09. The van der Waals surface area contributed by atoms with Crippen LogP contribution in [-0.2, 0) is 0 Å². The van der Waals surface area contributed by atoms with E-state index < -0.39 is 0 Å². The van der Waals surface area contributed by atoms with Crippen molar-refractivity contribution in [3.63, 3.8) is 0 Å². The molecule has 3 aromatic rings. The molecular formula is C20H22N4O2S. The van der Waals surface area contributed by atoms with Crippen molar-refractivity contribution in [2.24, 2.45) is 0 Å². The molecule has 1 unspecified atom stereocenters. The normalized spacial score (nSPS) is 12.0. The standard InChI is InChI=1S/C20H22N4O2S/c1-5-18(19(25)15-9-11-16(26-4)12-10-15)27-20-21-22-23-24(20)17-8-6-7-13(2)14(17)3/h6-12,18H,5H2,1-4H3. The van der Waals surface area contributed by atoms with Crippen LogP contribution in [0, 0.1) is 13.8 Å². The summed E-state index contributed by atoms with van der Waals surface area (Å²) in [6.07, 6.45) is 0.676. The van der Waals surface area contributed by atoms with Gasteiger partial charge in [0.05, 0.1) is 18.0 Å². The molecule has 6 nitrogen and oxygen atoms in total. The van der Waals surface area contributed by atoms with Crippen LogP contribution in [0.25, 0.3) is 5.69 Å². The van der Waals surface area contributed by atoms with Gasteiger partial charge in [0.15, 0.2) is 5.78 Å². The van der Waals surface area contributed by atoms with E-state index in [1.807, 2.05) is 26.0 Å². The minimum Gasteiger partial charge on any atom is -0.497 e. The second-order valence-electron chi connectivity index (χ2n) is 6.20. The van der Waals surface area contributed by atoms with Crippen molar-refractivity contribution in [3.05, 3.63) is 59.2 Å². The number of hydrogen-bond acceptors (Lipinski definition) is 6. The number of methoxy groups -OCH3 is 1. The van der Waals surface area contributed by atoms with Gasteiger partial charge in [0.2, 0.25) is 5.16 Å². The molecule has 7 heteroatoms. The minimum absolute atomic E-state index is 0.0562. The van der Waals surface area contributed by atoms with E-state index in [4.69, 9.17) is 4.74 Å². The number of thioether (sulfide) groups is 1. The van der Waals surface area contributed by atoms with Gasteiger partial charge < -0.3 is 4.74 Å². The van der Waals surface area contributed by atoms with Crippen molar-refractivity contribution in [2.75, 3.05) is 7.11 Å². The second-order valence-corrected chi connectivity index (χ2v) is 7.37. The lowest BCUT2D eigenvalue weighted by Gasteiger charge is -2.14. The third kappa shape index (κ3) is 4.03. The van der Waals surface area contributed by atoms with Crippen LogP contribution in [0.1, 0.15) is 34.8 Å². The summed E-state index contributed by atoms with van der Waals surface area (Å²) in [5.41, 5.74) is 3.86. The van der Waals surface area contributed by atoms with Crippen molar-refractivity contribution in [2.45, 2.75) is 37.6 Å². The quantitative estimate of drug-likeness (QED) is 0.454. The largest absolute Gasteiger partial charge is 0.497 e. The Hall–Kier alpha value is -2.67. The fourth-order valence-corrected chi connectivity index (χ4v) is 3.74. The average Bonchev–Trinajstić information content (AvgIpc) is 3.15. The Labute approximate surface area is 162 Å². The Morgan fingerprint density at radius 1 is 1.19 bits per heavy atom. The van der Waals surface area contributed by atoms with E-state index in [0.717, 1.165) is 17.0 Å². The highest BCUT2D eigenvalue weighted by Gasteiger charge is 2.23. The molecule has 27 heavy (non-hydrogen) atoms. The second kappa shape index (κ2) is 8.35. The molecule has 0 aliphatic carbocycles. The zero-order valence-corrected chi connectivity index (χ0v) is 16.7. The summed E-state index contributed by atoms with van der Waals surface area (Å²) in [5, 5.41) is 12.4. The molecule has 1 heterocycles. The van der Waals surface area contributed by atoms with E-state index >= 15 is 0 Å². The van der Waals surface area contributed by atoms with E-state index in [-0.39, 0.29) is 11.0 Å². The molecule has 0 spiro atoms. The topological polar surface area (TPSA) is 69.9 Å². The highest BCUT2D eigenvalue weighted by molar-refractivity contribution is 8.00. The minimum atomic E-state index is -0.270. The number of carbonyl (C=O) groups excluding carboxylic acids is 1. The van der Waals surface area contributed by atoms with Crippen LogP contribution in [-0.4, -0.2) is 38.4 Å². The number of ether oxygens (including phenoxy) is 1. The lowest BCUT2D eigenvalue weighted by atomic mass is 10.1. The molecule has 140 valence electrons. The molecule has 0 radical (unpaired) electrons. The number of ketones is 1. The van der Waals surface area contributed by atoms with E-state index in [9.17, 15) is 4.79 Å². The van der Waals surface area contributed by atoms with Gasteiger partial charge in [-0.2, -0.15) is 4.68 Å². The Kier molecular flexibility index (Phi) is 5.91. The first kappa shape index (κ1) is 19.1. The molecule has 0 saturated carbocycles. The fourth-order valence-electron chi connectivity index (χ4n) is 2.76. The monoisotopic (exact) mass is 382 g/mol. The van der Waals surface area contributed by atoms with E-state index in [2.05, 4.69) is 28.5 Å². The first-order valence-corrected chi connectivity index (χ1v) is 9.63. The van der Waals surface area contributed by atoms with Crippen molar-refractivity contribution in [3.8, 4) is 11.4 Å². The summed E-state index contributed by atoms with van der Waals surface area (Å²) >= 11 is 1.39. The Morgan fingerprint density at radius 2 is 1.93 bits per heavy atom. The van der Waals surface area contributed by atoms with Gasteiger partial charge in [0.25, 0.3) is 0 Å². The average molecular weight is 382 g/mol. The number of rotatable bonds is 7. The first-order chi connectivity index (χ1) is 13.0. The number of benzene rings is 2. The van der Waals surface area contributed by atoms with Crippen molar-refractivity contribution in [1.29, 1.82) is 0 Å². The summed E-state index contributed by atoms with van der Waals surface area (Å²) in [7, 11) is 1.61. The summed E-state index contributed by atoms with van der Waals surface area (Å²) < 4.78 is 6.87. The third-order valence-electron chi connectivity index (χ3n) is 4.53. The summed E-state index contributed by atoms with van der Waals surface area (Å²) in [5.74, 6) is 0.784. The number of hydrogen-bond donors (Lipinski definition) is 0. The lowest BCUT2D eigenvalue weighted by Crippen LogP contribution is -2.17. The van der Waals surface area contributed by atoms with Crippen molar-refractivity contribution in [1.82, 2.24) is 20.2 Å². The molecule has 0 amide bonds. The van der Waals surface area contributed by atoms with Gasteiger partial charge >= 0.3 is 0 Å². The lowest BCUT2D eigenvalue weighted by molar-refractivity contribution is 0.0988. The van der Waals surface area contributed by atoms with Gasteiger partial charge in [-0.3, -0.25) is 4.79 Å². The molecular weight excluding hydrogens is 360 g/mol. The molecule has 0 N–H and O–H groups in total. The van der Waals surface area contributed by atoms with Crippen LogP contribution < -0.4 is 4.74 Å². The van der Waals surface area contributed by atoms with Crippen molar-refractivity contribution >= 4 is 17.5 Å². The van der Waals surface area contributed by atoms with E-state index in [0.29, 0.717) is 17.1 Å². The maximum atomic E-state index is 12.9. The zero-order chi connectivity index (χ0) is 19.4. The molecule has 0 saturated heterocycles. The molecule has 3 rings (SSSR count). The maximum Gasteiger partial charge on any atom is 0.214 e. The number of Topliss-reactive ketones (excluding diaryl/α,β-unsaturated/α-hetero) is 1. The van der Waals surface area contributed by atoms with E-state index in [1.54, 1.807) is 36.1 Å². The first-order valence-electron chi connectivity index (χ1n) is 8.75. The Morgan fingerprint density at radius 3 is 2.59 bits per heavy atom. The van der Waals surface area contributed by atoms with Gasteiger partial charge in [-0.25, -0.2) is 0 Å². The fraction of sp³-hybridized carbons (Fsp3) is 0.300. The number of aromatic nitrogens is 4. The molecule has 2 aromatic carbocycles. The van der Waals surface area contributed by atoms with Crippen LogP contribution in [0.3, 0.4) is 0 Å². The van der Waals surface area contributed by atoms with Gasteiger partial charge in [-0.1, -0.05) is 30.8 Å². The highest BCUT2D eigenvalue weighted by Crippen LogP contribution is 2.29. The molecule has 1 atom stereocenters. The third-order valence-corrected chi connectivity index (χ3v) is 5.83. The molecule has 1 aromatic heterocycles. The maximum absolute atomic E-state index is 12.9. The number of tetrazole rings is 1. The van der Waals surface area contributed by atoms with Crippen LogP contribution in [0.4, 0.5) is 0 Å². The van der Waals surface area contributed by atoms with Crippen LogP contribution in [0.5, 0.6) is 5.75 Å². The molecule has 0 bridgehead atoms. The smallest absolute Gasteiger partial charge is 0.214 e. The van der Waals surface area contributed by atoms with Crippen LogP contribution in [0.15, 0.2) is 47.6 Å². The Balaban J connectivity index is 1.86. The number of aryl methyl sites for hydroxylation is 1. The van der Waals surface area contributed by atoms with Crippen molar-refractivity contribution < 1.29 is 9.53 Å². The number of carbonyl (C=O) groups is 1. The highest BCUT2D eigenvalue weighted by atomic mass is 32.2. The summed E-state index contributed by atoms with van der Waals surface area (Å²) in [4.78, 5) is 12.9. The molecule has 0 fully saturated rings. The van der Waals surface area contributed by atoms with Crippen LogP contribution >= 0.6 is 11.8 Å².